The van der Waals surface area contributed by atoms with Gasteiger partial charge in [0.05, 0.1) is 24.2 Å². The number of carbonyl (C=O) groups excluding carboxylic acids is 3. The molecule has 0 unspecified atom stereocenters. The molecule has 2 heterocycles. The van der Waals surface area contributed by atoms with Gasteiger partial charge in [-0.1, -0.05) is 6.07 Å². The van der Waals surface area contributed by atoms with Gasteiger partial charge in [-0.15, -0.1) is 11.3 Å². The fourth-order valence-electron chi connectivity index (χ4n) is 3.13. The van der Waals surface area contributed by atoms with Crippen LogP contribution in [0.4, 0.5) is 4.79 Å². The molecule has 1 aromatic carbocycles. The number of thioether (sulfide) groups is 1. The molecule has 164 valence electrons. The van der Waals surface area contributed by atoms with Crippen molar-refractivity contribution in [3.8, 4) is 11.5 Å². The Hall–Kier alpha value is -2.78. The van der Waals surface area contributed by atoms with E-state index < -0.39 is 0 Å². The van der Waals surface area contributed by atoms with Gasteiger partial charge in [0, 0.05) is 22.8 Å². The topological polar surface area (TPSA) is 84.9 Å². The van der Waals surface area contributed by atoms with E-state index in [9.17, 15) is 14.4 Å². The first kappa shape index (κ1) is 22.9. The fourth-order valence-corrected chi connectivity index (χ4v) is 4.91. The number of thiophene rings is 1. The van der Waals surface area contributed by atoms with Crippen molar-refractivity contribution in [2.75, 3.05) is 26.8 Å². The highest BCUT2D eigenvalue weighted by Crippen LogP contribution is 2.34. The number of aryl methyl sites for hydroxylation is 2. The summed E-state index contributed by atoms with van der Waals surface area (Å²) in [4.78, 5) is 40.8. The van der Waals surface area contributed by atoms with E-state index in [4.69, 9.17) is 9.47 Å². The maximum absolute atomic E-state index is 12.7. The molecule has 31 heavy (non-hydrogen) atoms. The normalized spacial score (nSPS) is 15.0. The van der Waals surface area contributed by atoms with Crippen molar-refractivity contribution in [1.82, 2.24) is 10.2 Å². The van der Waals surface area contributed by atoms with Crippen LogP contribution in [0.25, 0.3) is 6.08 Å². The number of carbonyl (C=O) groups is 3. The number of nitrogens with zero attached hydrogens (tertiary/aromatic N) is 1. The third kappa shape index (κ3) is 5.29. The van der Waals surface area contributed by atoms with Crippen LogP contribution in [0.3, 0.4) is 0 Å². The lowest BCUT2D eigenvalue weighted by Crippen LogP contribution is -2.37. The van der Waals surface area contributed by atoms with Crippen molar-refractivity contribution >= 4 is 46.2 Å². The third-order valence-corrected chi connectivity index (χ3v) is 6.44. The summed E-state index contributed by atoms with van der Waals surface area (Å²) in [6, 6.07) is 7.16. The number of imide groups is 1. The van der Waals surface area contributed by atoms with Gasteiger partial charge < -0.3 is 14.8 Å². The van der Waals surface area contributed by atoms with Gasteiger partial charge in [-0.25, -0.2) is 0 Å². The van der Waals surface area contributed by atoms with E-state index in [2.05, 4.69) is 5.32 Å². The monoisotopic (exact) mass is 460 g/mol. The van der Waals surface area contributed by atoms with Crippen LogP contribution in [0, 0.1) is 13.8 Å². The van der Waals surface area contributed by atoms with E-state index in [1.165, 1.54) is 0 Å². The molecule has 1 aliphatic rings. The highest BCUT2D eigenvalue weighted by Gasteiger charge is 2.34. The summed E-state index contributed by atoms with van der Waals surface area (Å²) in [6.07, 6.45) is 1.65. The van der Waals surface area contributed by atoms with Crippen molar-refractivity contribution in [2.24, 2.45) is 0 Å². The summed E-state index contributed by atoms with van der Waals surface area (Å²) < 4.78 is 10.8. The minimum atomic E-state index is -0.375. The Morgan fingerprint density at radius 2 is 1.97 bits per heavy atom. The zero-order chi connectivity index (χ0) is 22.5. The highest BCUT2D eigenvalue weighted by molar-refractivity contribution is 8.18. The first-order valence-electron chi connectivity index (χ1n) is 9.75. The second kappa shape index (κ2) is 10.0. The number of benzene rings is 1. The van der Waals surface area contributed by atoms with Gasteiger partial charge in [-0.2, -0.15) is 0 Å². The molecule has 0 atom stereocenters. The maximum atomic E-state index is 12.7. The quantitative estimate of drug-likeness (QED) is 0.593. The molecule has 3 rings (SSSR count). The maximum Gasteiger partial charge on any atom is 0.293 e. The zero-order valence-corrected chi connectivity index (χ0v) is 19.4. The molecule has 1 aliphatic heterocycles. The van der Waals surface area contributed by atoms with E-state index in [0.717, 1.165) is 32.0 Å². The molecule has 1 N–H and O–H groups in total. The molecule has 9 heteroatoms. The Bertz CT molecular complexity index is 1040. The molecule has 1 saturated heterocycles. The van der Waals surface area contributed by atoms with Gasteiger partial charge in [-0.3, -0.25) is 19.3 Å². The van der Waals surface area contributed by atoms with E-state index in [-0.39, 0.29) is 30.1 Å². The number of amides is 3. The van der Waals surface area contributed by atoms with E-state index in [0.29, 0.717) is 28.6 Å². The molecule has 0 saturated carbocycles. The lowest BCUT2D eigenvalue weighted by atomic mass is 10.2. The number of nitrogens with one attached hydrogen (secondary N) is 1. The molecule has 0 spiro atoms. The average Bonchev–Trinajstić information content (AvgIpc) is 3.21. The van der Waals surface area contributed by atoms with Crippen LogP contribution in [0.1, 0.15) is 32.6 Å². The van der Waals surface area contributed by atoms with Crippen LogP contribution in [0.2, 0.25) is 0 Å². The number of ether oxygens (including phenoxy) is 2. The van der Waals surface area contributed by atoms with Crippen LogP contribution in [-0.4, -0.2) is 48.8 Å². The molecule has 0 radical (unpaired) electrons. The Labute approximate surface area is 189 Å². The van der Waals surface area contributed by atoms with Gasteiger partial charge in [0.15, 0.2) is 11.5 Å². The third-order valence-electron chi connectivity index (χ3n) is 4.57. The fraction of sp³-hybridized carbons (Fsp3) is 0.318. The molecule has 7 nitrogen and oxygen atoms in total. The molecule has 0 aliphatic carbocycles. The summed E-state index contributed by atoms with van der Waals surface area (Å²) in [5, 5.41) is 2.43. The molecular formula is C22H24N2O5S2. The van der Waals surface area contributed by atoms with Crippen molar-refractivity contribution in [3.05, 3.63) is 50.1 Å². The number of rotatable bonds is 8. The summed E-state index contributed by atoms with van der Waals surface area (Å²) in [7, 11) is 1.54. The van der Waals surface area contributed by atoms with Crippen LogP contribution in [0.15, 0.2) is 29.2 Å². The van der Waals surface area contributed by atoms with Crippen LogP contribution < -0.4 is 14.8 Å². The summed E-state index contributed by atoms with van der Waals surface area (Å²) >= 11 is 2.44. The average molecular weight is 461 g/mol. The lowest BCUT2D eigenvalue weighted by molar-refractivity contribution is -0.122. The Kier molecular flexibility index (Phi) is 7.40. The predicted molar refractivity (Wildman–Crippen MR) is 123 cm³/mol. The molecule has 2 aromatic rings. The van der Waals surface area contributed by atoms with Gasteiger partial charge >= 0.3 is 0 Å². The Morgan fingerprint density at radius 3 is 2.61 bits per heavy atom. The van der Waals surface area contributed by atoms with Crippen LogP contribution in [0.5, 0.6) is 11.5 Å². The largest absolute Gasteiger partial charge is 0.493 e. The Balaban J connectivity index is 1.64. The van der Waals surface area contributed by atoms with Crippen molar-refractivity contribution in [3.63, 3.8) is 0 Å². The van der Waals surface area contributed by atoms with E-state index in [1.54, 1.807) is 42.7 Å². The zero-order valence-electron chi connectivity index (χ0n) is 17.8. The minimum Gasteiger partial charge on any atom is -0.493 e. The van der Waals surface area contributed by atoms with Crippen molar-refractivity contribution in [1.29, 1.82) is 0 Å². The molecule has 3 amide bonds. The molecule has 1 aromatic heterocycles. The highest BCUT2D eigenvalue weighted by atomic mass is 32.2. The molecular weight excluding hydrogens is 436 g/mol. The summed E-state index contributed by atoms with van der Waals surface area (Å²) in [6.45, 7) is 6.54. The smallest absolute Gasteiger partial charge is 0.293 e. The van der Waals surface area contributed by atoms with E-state index in [1.807, 2.05) is 26.8 Å². The lowest BCUT2D eigenvalue weighted by Gasteiger charge is -2.13. The van der Waals surface area contributed by atoms with Gasteiger partial charge in [0.1, 0.15) is 0 Å². The number of hydrogen-bond donors (Lipinski definition) is 1. The van der Waals surface area contributed by atoms with Crippen LogP contribution >= 0.6 is 23.1 Å². The number of hydrogen-bond acceptors (Lipinski definition) is 7. The van der Waals surface area contributed by atoms with E-state index >= 15 is 0 Å². The van der Waals surface area contributed by atoms with Gasteiger partial charge in [0.2, 0.25) is 0 Å². The van der Waals surface area contributed by atoms with Gasteiger partial charge in [-0.05, 0) is 62.4 Å². The predicted octanol–water partition coefficient (Wildman–Crippen LogP) is 4.24. The molecule has 0 bridgehead atoms. The van der Waals surface area contributed by atoms with Gasteiger partial charge in [0.25, 0.3) is 17.1 Å². The SMILES string of the molecule is CCOc1ccc(/C=C2\SC(=O)N(CCNC(=O)c3cc(C)sc3C)C2=O)cc1OC. The second-order valence-corrected chi connectivity index (χ2v) is 9.21. The summed E-state index contributed by atoms with van der Waals surface area (Å²) in [5.41, 5.74) is 1.35. The first-order valence-corrected chi connectivity index (χ1v) is 11.4. The number of methoxy groups -OCH3 is 1. The Morgan fingerprint density at radius 1 is 1.19 bits per heavy atom. The van der Waals surface area contributed by atoms with Crippen molar-refractivity contribution < 1.29 is 23.9 Å². The molecule has 1 fully saturated rings. The second-order valence-electron chi connectivity index (χ2n) is 6.76. The summed E-state index contributed by atoms with van der Waals surface area (Å²) in [5.74, 6) is 0.587. The first-order chi connectivity index (χ1) is 14.8. The van der Waals surface area contributed by atoms with Crippen molar-refractivity contribution in [2.45, 2.75) is 20.8 Å². The van der Waals surface area contributed by atoms with Crippen LogP contribution in [-0.2, 0) is 4.79 Å². The minimum absolute atomic E-state index is 0.114. The standard InChI is InChI=1S/C22H24N2O5S2/c1-5-29-17-7-6-15(11-18(17)28-4)12-19-21(26)24(22(27)31-19)9-8-23-20(25)16-10-13(2)30-14(16)3/h6-7,10-12H,5,8-9H2,1-4H3,(H,23,25)/b19-12-.